The fourth-order valence-electron chi connectivity index (χ4n) is 3.21. The molecule has 2 atom stereocenters. The molecule has 0 radical (unpaired) electrons. The van der Waals surface area contributed by atoms with Crippen LogP contribution < -0.4 is 5.32 Å². The van der Waals surface area contributed by atoms with Crippen molar-refractivity contribution in [3.05, 3.63) is 65.2 Å². The predicted octanol–water partition coefficient (Wildman–Crippen LogP) is 4.17. The molecule has 1 amide bonds. The predicted molar refractivity (Wildman–Crippen MR) is 112 cm³/mol. The molecule has 1 aromatic heterocycles. The quantitative estimate of drug-likeness (QED) is 0.599. The number of nitrogens with one attached hydrogen (secondary N) is 1. The number of hydrogen-bond donors (Lipinski definition) is 2. The molecule has 2 N–H and O–H groups in total. The number of carbonyl (C=O) groups is 2. The molecular weight excluding hydrogens is 372 g/mol. The number of aliphatic carboxylic acids is 1. The van der Waals surface area contributed by atoms with Crippen LogP contribution in [-0.2, 0) is 21.4 Å². The molecule has 5 nitrogen and oxygen atoms in total. The van der Waals surface area contributed by atoms with Gasteiger partial charge in [0.15, 0.2) is 0 Å². The van der Waals surface area contributed by atoms with Crippen molar-refractivity contribution in [3.63, 3.8) is 0 Å². The van der Waals surface area contributed by atoms with Crippen LogP contribution in [0, 0.1) is 0 Å². The van der Waals surface area contributed by atoms with E-state index in [0.29, 0.717) is 12.8 Å². The minimum Gasteiger partial charge on any atom is -0.481 e. The van der Waals surface area contributed by atoms with E-state index in [2.05, 4.69) is 5.32 Å². The largest absolute Gasteiger partial charge is 0.481 e. The Labute approximate surface area is 168 Å². The summed E-state index contributed by atoms with van der Waals surface area (Å²) in [6.45, 7) is 3.76. The van der Waals surface area contributed by atoms with E-state index in [-0.39, 0.29) is 18.4 Å². The topological polar surface area (TPSA) is 79.3 Å². The first kappa shape index (κ1) is 20.0. The summed E-state index contributed by atoms with van der Waals surface area (Å²) in [5.74, 6) is -0.975. The van der Waals surface area contributed by atoms with Gasteiger partial charge in [-0.05, 0) is 38.0 Å². The maximum atomic E-state index is 13.3. The second-order valence-corrected chi connectivity index (χ2v) is 8.37. The smallest absolute Gasteiger partial charge is 0.303 e. The summed E-state index contributed by atoms with van der Waals surface area (Å²) >= 11 is 1.60. The van der Waals surface area contributed by atoms with Gasteiger partial charge in [-0.1, -0.05) is 42.5 Å². The van der Waals surface area contributed by atoms with Gasteiger partial charge in [-0.3, -0.25) is 9.59 Å². The lowest BCUT2D eigenvalue weighted by Gasteiger charge is -2.30. The molecular formula is C22H24N2O3S. The van der Waals surface area contributed by atoms with E-state index < -0.39 is 11.4 Å². The molecule has 0 aliphatic rings. The van der Waals surface area contributed by atoms with Gasteiger partial charge in [0.1, 0.15) is 0 Å². The third kappa shape index (κ3) is 4.57. The molecule has 0 fully saturated rings. The Morgan fingerprint density at radius 1 is 1.14 bits per heavy atom. The van der Waals surface area contributed by atoms with Gasteiger partial charge < -0.3 is 10.4 Å². The van der Waals surface area contributed by atoms with Crippen molar-refractivity contribution in [2.24, 2.45) is 0 Å². The van der Waals surface area contributed by atoms with Gasteiger partial charge in [0.2, 0.25) is 5.91 Å². The van der Waals surface area contributed by atoms with Crippen molar-refractivity contribution in [2.75, 3.05) is 0 Å². The highest BCUT2D eigenvalue weighted by atomic mass is 32.1. The lowest BCUT2D eigenvalue weighted by atomic mass is 9.78. The number of nitrogens with zero attached hydrogens (tertiary/aromatic N) is 1. The number of fused-ring (bicyclic) bond motifs is 1. The molecule has 0 saturated carbocycles. The molecule has 0 bridgehead atoms. The summed E-state index contributed by atoms with van der Waals surface area (Å²) in [5, 5.41) is 12.8. The van der Waals surface area contributed by atoms with Gasteiger partial charge in [-0.15, -0.1) is 11.3 Å². The van der Waals surface area contributed by atoms with E-state index >= 15 is 0 Å². The minimum atomic E-state index is -0.860. The van der Waals surface area contributed by atoms with Crippen molar-refractivity contribution >= 4 is 33.4 Å². The summed E-state index contributed by atoms with van der Waals surface area (Å²) in [6.07, 6.45) is 0.905. The average molecular weight is 397 g/mol. The Kier molecular flexibility index (Phi) is 6.09. The van der Waals surface area contributed by atoms with Crippen molar-refractivity contribution in [3.8, 4) is 0 Å². The number of thiazole rings is 1. The minimum absolute atomic E-state index is 0.0291. The summed E-state index contributed by atoms with van der Waals surface area (Å²) < 4.78 is 1.10. The van der Waals surface area contributed by atoms with Crippen LogP contribution in [0.1, 0.15) is 37.3 Å². The highest BCUT2D eigenvalue weighted by molar-refractivity contribution is 7.18. The van der Waals surface area contributed by atoms with E-state index in [1.807, 2.05) is 68.4 Å². The van der Waals surface area contributed by atoms with Gasteiger partial charge in [0.25, 0.3) is 0 Å². The van der Waals surface area contributed by atoms with E-state index in [0.717, 1.165) is 20.8 Å². The van der Waals surface area contributed by atoms with Gasteiger partial charge in [0.05, 0.1) is 20.6 Å². The number of aromatic nitrogens is 1. The zero-order valence-corrected chi connectivity index (χ0v) is 16.8. The van der Waals surface area contributed by atoms with Crippen molar-refractivity contribution in [1.82, 2.24) is 10.3 Å². The molecule has 0 saturated heterocycles. The first-order chi connectivity index (χ1) is 13.4. The van der Waals surface area contributed by atoms with Crippen LogP contribution in [0.25, 0.3) is 10.2 Å². The highest BCUT2D eigenvalue weighted by Crippen LogP contribution is 2.32. The van der Waals surface area contributed by atoms with Crippen LogP contribution in [0.15, 0.2) is 54.6 Å². The number of carboxylic acids is 1. The molecule has 0 spiro atoms. The molecule has 28 heavy (non-hydrogen) atoms. The lowest BCUT2D eigenvalue weighted by molar-refractivity contribution is -0.137. The van der Waals surface area contributed by atoms with Crippen molar-refractivity contribution in [1.29, 1.82) is 0 Å². The number of amides is 1. The van der Waals surface area contributed by atoms with E-state index in [9.17, 15) is 9.59 Å². The SMILES string of the molecule is CC(CCC(=O)O)NC(=O)C(C)(Cc1nc2ccccc2s1)c1ccccc1. The molecule has 6 heteroatoms. The first-order valence-electron chi connectivity index (χ1n) is 9.31. The number of rotatable bonds is 8. The number of para-hydroxylation sites is 1. The van der Waals surface area contributed by atoms with Crippen LogP contribution >= 0.6 is 11.3 Å². The van der Waals surface area contributed by atoms with Gasteiger partial charge in [-0.2, -0.15) is 0 Å². The Balaban J connectivity index is 1.87. The van der Waals surface area contributed by atoms with Crippen LogP contribution in [0.4, 0.5) is 0 Å². The molecule has 146 valence electrons. The maximum absolute atomic E-state index is 13.3. The van der Waals surface area contributed by atoms with E-state index in [4.69, 9.17) is 10.1 Å². The molecule has 3 rings (SSSR count). The van der Waals surface area contributed by atoms with Gasteiger partial charge >= 0.3 is 5.97 Å². The summed E-state index contributed by atoms with van der Waals surface area (Å²) in [6, 6.07) is 17.4. The van der Waals surface area contributed by atoms with Crippen molar-refractivity contribution in [2.45, 2.75) is 44.6 Å². The summed E-state index contributed by atoms with van der Waals surface area (Å²) in [4.78, 5) is 28.8. The fraction of sp³-hybridized carbons (Fsp3) is 0.318. The Hall–Kier alpha value is -2.73. The second-order valence-electron chi connectivity index (χ2n) is 7.26. The Morgan fingerprint density at radius 2 is 1.82 bits per heavy atom. The maximum Gasteiger partial charge on any atom is 0.303 e. The fourth-order valence-corrected chi connectivity index (χ4v) is 4.34. The Bertz CT molecular complexity index is 937. The number of hydrogen-bond acceptors (Lipinski definition) is 4. The van der Waals surface area contributed by atoms with E-state index in [1.165, 1.54) is 0 Å². The first-order valence-corrected chi connectivity index (χ1v) is 10.1. The molecule has 1 heterocycles. The molecule has 2 unspecified atom stereocenters. The van der Waals surface area contributed by atoms with Crippen LogP contribution in [0.2, 0.25) is 0 Å². The number of benzene rings is 2. The molecule has 3 aromatic rings. The third-order valence-corrected chi connectivity index (χ3v) is 5.96. The van der Waals surface area contributed by atoms with Crippen molar-refractivity contribution < 1.29 is 14.7 Å². The van der Waals surface area contributed by atoms with Gasteiger partial charge in [-0.25, -0.2) is 4.98 Å². The van der Waals surface area contributed by atoms with Crippen LogP contribution in [0.3, 0.4) is 0 Å². The molecule has 2 aromatic carbocycles. The van der Waals surface area contributed by atoms with Crippen LogP contribution in [-0.4, -0.2) is 28.0 Å². The Morgan fingerprint density at radius 3 is 2.50 bits per heavy atom. The normalized spacial score (nSPS) is 14.4. The molecule has 0 aliphatic heterocycles. The zero-order valence-electron chi connectivity index (χ0n) is 16.0. The van der Waals surface area contributed by atoms with Crippen LogP contribution in [0.5, 0.6) is 0 Å². The third-order valence-electron chi connectivity index (χ3n) is 4.92. The monoisotopic (exact) mass is 396 g/mol. The summed E-state index contributed by atoms with van der Waals surface area (Å²) in [5.41, 5.74) is 1.05. The highest BCUT2D eigenvalue weighted by Gasteiger charge is 2.37. The zero-order chi connectivity index (χ0) is 20.1. The number of carboxylic acid groups (broad SMARTS) is 1. The van der Waals surface area contributed by atoms with Gasteiger partial charge in [0, 0.05) is 18.9 Å². The van der Waals surface area contributed by atoms with E-state index in [1.54, 1.807) is 11.3 Å². The second kappa shape index (κ2) is 8.52. The molecule has 0 aliphatic carbocycles. The standard InChI is InChI=1S/C22H24N2O3S/c1-15(12-13-20(25)26)23-21(27)22(2,16-8-4-3-5-9-16)14-19-24-17-10-6-7-11-18(17)28-19/h3-11,15H,12-14H2,1-2H3,(H,23,27)(H,25,26). The number of carbonyl (C=O) groups excluding carboxylic acids is 1. The lowest BCUT2D eigenvalue weighted by Crippen LogP contribution is -2.47. The average Bonchev–Trinajstić information content (AvgIpc) is 3.09. The summed E-state index contributed by atoms with van der Waals surface area (Å²) in [7, 11) is 0.